The Labute approximate surface area is 110 Å². The summed E-state index contributed by atoms with van der Waals surface area (Å²) in [6.45, 7) is 5.16. The van der Waals surface area contributed by atoms with Gasteiger partial charge in [0.25, 0.3) is 0 Å². The summed E-state index contributed by atoms with van der Waals surface area (Å²) in [5.74, 6) is 0.900. The predicted molar refractivity (Wildman–Crippen MR) is 71.4 cm³/mol. The lowest BCUT2D eigenvalue weighted by Gasteiger charge is -2.18. The van der Waals surface area contributed by atoms with Crippen LogP contribution in [0.5, 0.6) is 0 Å². The molecule has 3 unspecified atom stereocenters. The average molecular weight is 254 g/mol. The van der Waals surface area contributed by atoms with Gasteiger partial charge in [-0.25, -0.2) is 0 Å². The molecule has 0 radical (unpaired) electrons. The largest absolute Gasteiger partial charge is 0.378 e. The van der Waals surface area contributed by atoms with Gasteiger partial charge < -0.3 is 15.4 Å². The normalized spacial score (nSPS) is 29.4. The van der Waals surface area contributed by atoms with E-state index in [9.17, 15) is 4.79 Å². The summed E-state index contributed by atoms with van der Waals surface area (Å²) in [5, 5.41) is 6.43. The molecule has 0 aromatic heterocycles. The van der Waals surface area contributed by atoms with E-state index in [-0.39, 0.29) is 11.9 Å². The van der Waals surface area contributed by atoms with Gasteiger partial charge in [0.15, 0.2) is 0 Å². The molecule has 0 spiro atoms. The first-order valence-corrected chi connectivity index (χ1v) is 7.35. The first-order chi connectivity index (χ1) is 8.74. The van der Waals surface area contributed by atoms with Crippen LogP contribution in [0.2, 0.25) is 0 Å². The van der Waals surface area contributed by atoms with E-state index in [1.807, 2.05) is 0 Å². The van der Waals surface area contributed by atoms with Gasteiger partial charge in [-0.15, -0.1) is 0 Å². The Morgan fingerprint density at radius 3 is 3.06 bits per heavy atom. The lowest BCUT2D eigenvalue weighted by Crippen LogP contribution is -2.35. The van der Waals surface area contributed by atoms with Crippen molar-refractivity contribution in [2.45, 2.75) is 57.6 Å². The Hall–Kier alpha value is -0.610. The fourth-order valence-electron chi connectivity index (χ4n) is 2.93. The zero-order valence-electron chi connectivity index (χ0n) is 11.4. The van der Waals surface area contributed by atoms with E-state index >= 15 is 0 Å². The van der Waals surface area contributed by atoms with Gasteiger partial charge >= 0.3 is 0 Å². The molecule has 0 bridgehead atoms. The third-order valence-corrected chi connectivity index (χ3v) is 3.99. The minimum absolute atomic E-state index is 0.201. The Balaban J connectivity index is 1.57. The van der Waals surface area contributed by atoms with Gasteiger partial charge in [-0.05, 0) is 58.0 Å². The molecule has 2 fully saturated rings. The average Bonchev–Trinajstić information content (AvgIpc) is 2.98. The van der Waals surface area contributed by atoms with Crippen LogP contribution in [0.25, 0.3) is 0 Å². The van der Waals surface area contributed by atoms with Gasteiger partial charge in [-0.3, -0.25) is 4.79 Å². The van der Waals surface area contributed by atoms with E-state index in [1.165, 1.54) is 12.8 Å². The quantitative estimate of drug-likeness (QED) is 0.754. The molecule has 2 saturated heterocycles. The lowest BCUT2D eigenvalue weighted by atomic mass is 10.0. The highest BCUT2D eigenvalue weighted by molar-refractivity contribution is 5.76. The number of hydrogen-bond acceptors (Lipinski definition) is 3. The maximum atomic E-state index is 11.8. The lowest BCUT2D eigenvalue weighted by molar-refractivity contribution is -0.122. The second-order valence-corrected chi connectivity index (χ2v) is 5.74. The number of amides is 1. The van der Waals surface area contributed by atoms with Crippen LogP contribution in [-0.2, 0) is 9.53 Å². The fourth-order valence-corrected chi connectivity index (χ4v) is 2.93. The van der Waals surface area contributed by atoms with Crippen LogP contribution in [0.4, 0.5) is 0 Å². The molecule has 4 nitrogen and oxygen atoms in total. The number of carbonyl (C=O) groups excluding carboxylic acids is 1. The summed E-state index contributed by atoms with van der Waals surface area (Å²) in [4.78, 5) is 11.8. The molecule has 18 heavy (non-hydrogen) atoms. The highest BCUT2D eigenvalue weighted by atomic mass is 16.5. The number of nitrogens with one attached hydrogen (secondary N) is 2. The highest BCUT2D eigenvalue weighted by Crippen LogP contribution is 2.17. The second-order valence-electron chi connectivity index (χ2n) is 5.74. The maximum Gasteiger partial charge on any atom is 0.220 e. The minimum Gasteiger partial charge on any atom is -0.378 e. The molecule has 0 aromatic carbocycles. The topological polar surface area (TPSA) is 50.4 Å². The third-order valence-electron chi connectivity index (χ3n) is 3.99. The summed E-state index contributed by atoms with van der Waals surface area (Å²) in [6.07, 6.45) is 6.54. The number of hydrogen-bond donors (Lipinski definition) is 2. The molecule has 2 aliphatic heterocycles. The van der Waals surface area contributed by atoms with E-state index < -0.39 is 0 Å². The van der Waals surface area contributed by atoms with E-state index in [2.05, 4.69) is 17.6 Å². The van der Waals surface area contributed by atoms with Crippen LogP contribution in [0.15, 0.2) is 0 Å². The summed E-state index contributed by atoms with van der Waals surface area (Å²) in [7, 11) is 0. The molecule has 0 aliphatic carbocycles. The Morgan fingerprint density at radius 1 is 1.50 bits per heavy atom. The SMILES string of the molecule is CC(CC1CCCO1)NC(=O)CCC1CCNC1. The molecule has 2 rings (SSSR count). The van der Waals surface area contributed by atoms with E-state index in [1.54, 1.807) is 0 Å². The highest BCUT2D eigenvalue weighted by Gasteiger charge is 2.20. The second kappa shape index (κ2) is 7.10. The van der Waals surface area contributed by atoms with Crippen molar-refractivity contribution in [3.63, 3.8) is 0 Å². The van der Waals surface area contributed by atoms with Crippen molar-refractivity contribution in [1.29, 1.82) is 0 Å². The van der Waals surface area contributed by atoms with Crippen LogP contribution < -0.4 is 10.6 Å². The fraction of sp³-hybridized carbons (Fsp3) is 0.929. The predicted octanol–water partition coefficient (Wildman–Crippen LogP) is 1.45. The molecule has 2 heterocycles. The number of carbonyl (C=O) groups is 1. The van der Waals surface area contributed by atoms with Crippen molar-refractivity contribution in [2.75, 3.05) is 19.7 Å². The standard InChI is InChI=1S/C14H26N2O2/c1-11(9-13-3-2-8-18-13)16-14(17)5-4-12-6-7-15-10-12/h11-13,15H,2-10H2,1H3,(H,16,17). The van der Waals surface area contributed by atoms with Crippen LogP contribution in [-0.4, -0.2) is 37.7 Å². The molecular weight excluding hydrogens is 228 g/mol. The summed E-state index contributed by atoms with van der Waals surface area (Å²) < 4.78 is 5.59. The van der Waals surface area contributed by atoms with E-state index in [4.69, 9.17) is 4.74 Å². The van der Waals surface area contributed by atoms with Crippen LogP contribution in [0.1, 0.15) is 45.4 Å². The van der Waals surface area contributed by atoms with Crippen molar-refractivity contribution in [2.24, 2.45) is 5.92 Å². The van der Waals surface area contributed by atoms with Crippen LogP contribution in [0, 0.1) is 5.92 Å². The third kappa shape index (κ3) is 4.58. The first-order valence-electron chi connectivity index (χ1n) is 7.35. The van der Waals surface area contributed by atoms with E-state index in [0.29, 0.717) is 18.4 Å². The zero-order valence-corrected chi connectivity index (χ0v) is 11.4. The molecule has 2 N–H and O–H groups in total. The van der Waals surface area contributed by atoms with Gasteiger partial charge in [0.05, 0.1) is 6.10 Å². The molecule has 0 aromatic rings. The Bertz CT molecular complexity index is 259. The summed E-state index contributed by atoms with van der Waals surface area (Å²) >= 11 is 0. The van der Waals surface area contributed by atoms with Crippen molar-refractivity contribution in [3.05, 3.63) is 0 Å². The number of rotatable bonds is 6. The molecular formula is C14H26N2O2. The van der Waals surface area contributed by atoms with Crippen LogP contribution in [0.3, 0.4) is 0 Å². The zero-order chi connectivity index (χ0) is 12.8. The smallest absolute Gasteiger partial charge is 0.220 e. The first kappa shape index (κ1) is 13.8. The van der Waals surface area contributed by atoms with Crippen molar-refractivity contribution in [3.8, 4) is 0 Å². The van der Waals surface area contributed by atoms with Crippen molar-refractivity contribution >= 4 is 5.91 Å². The Kier molecular flexibility index (Phi) is 5.45. The van der Waals surface area contributed by atoms with Gasteiger partial charge in [0.2, 0.25) is 5.91 Å². The minimum atomic E-state index is 0.201. The summed E-state index contributed by atoms with van der Waals surface area (Å²) in [6, 6.07) is 0.238. The maximum absolute atomic E-state index is 11.8. The molecule has 3 atom stereocenters. The van der Waals surface area contributed by atoms with Crippen molar-refractivity contribution in [1.82, 2.24) is 10.6 Å². The van der Waals surface area contributed by atoms with Gasteiger partial charge in [-0.2, -0.15) is 0 Å². The van der Waals surface area contributed by atoms with Crippen LogP contribution >= 0.6 is 0 Å². The van der Waals surface area contributed by atoms with E-state index in [0.717, 1.165) is 39.0 Å². The molecule has 1 amide bonds. The summed E-state index contributed by atoms with van der Waals surface area (Å²) in [5.41, 5.74) is 0. The molecule has 4 heteroatoms. The van der Waals surface area contributed by atoms with Gasteiger partial charge in [-0.1, -0.05) is 0 Å². The monoisotopic (exact) mass is 254 g/mol. The molecule has 2 aliphatic rings. The van der Waals surface area contributed by atoms with Gasteiger partial charge in [0, 0.05) is 19.1 Å². The number of ether oxygens (including phenoxy) is 1. The molecule has 104 valence electrons. The Morgan fingerprint density at radius 2 is 2.39 bits per heavy atom. The van der Waals surface area contributed by atoms with Gasteiger partial charge in [0.1, 0.15) is 0 Å². The molecule has 0 saturated carbocycles. The van der Waals surface area contributed by atoms with Crippen molar-refractivity contribution < 1.29 is 9.53 Å².